The van der Waals surface area contributed by atoms with Gasteiger partial charge in [0.15, 0.2) is 0 Å². The maximum atomic E-state index is 2.52. The summed E-state index contributed by atoms with van der Waals surface area (Å²) in [5.41, 5.74) is 2.68. The van der Waals surface area contributed by atoms with Crippen LogP contribution >= 0.6 is 22.7 Å². The predicted molar refractivity (Wildman–Crippen MR) is 111 cm³/mol. The quantitative estimate of drug-likeness (QED) is 0.526. The second kappa shape index (κ2) is 8.07. The second-order valence-electron chi connectivity index (χ2n) is 6.58. The van der Waals surface area contributed by atoms with E-state index < -0.39 is 0 Å². The van der Waals surface area contributed by atoms with E-state index in [0.29, 0.717) is 0 Å². The topological polar surface area (TPSA) is 6.48 Å². The molecule has 2 aromatic heterocycles. The minimum atomic E-state index is 0.971. The van der Waals surface area contributed by atoms with Crippen LogP contribution < -0.4 is 9.80 Å². The third-order valence-corrected chi connectivity index (χ3v) is 6.51. The van der Waals surface area contributed by atoms with Gasteiger partial charge in [0.2, 0.25) is 0 Å². The lowest BCUT2D eigenvalue weighted by molar-refractivity contribution is 0.578. The van der Waals surface area contributed by atoms with Crippen LogP contribution in [-0.2, 0) is 13.1 Å². The van der Waals surface area contributed by atoms with Crippen molar-refractivity contribution in [1.82, 2.24) is 0 Å². The number of hydrogen-bond donors (Lipinski definition) is 0. The molecule has 0 radical (unpaired) electrons. The lowest BCUT2D eigenvalue weighted by Gasteiger charge is -2.30. The number of benzene rings is 1. The van der Waals surface area contributed by atoms with Crippen molar-refractivity contribution in [2.24, 2.45) is 0 Å². The average molecular weight is 369 g/mol. The molecule has 0 amide bonds. The van der Waals surface area contributed by atoms with Gasteiger partial charge in [-0.25, -0.2) is 0 Å². The van der Waals surface area contributed by atoms with Crippen LogP contribution in [0.1, 0.15) is 29.0 Å². The molecule has 1 fully saturated rings. The summed E-state index contributed by atoms with van der Waals surface area (Å²) in [5.74, 6) is 0. The van der Waals surface area contributed by atoms with Gasteiger partial charge >= 0.3 is 0 Å². The van der Waals surface area contributed by atoms with Gasteiger partial charge < -0.3 is 9.80 Å². The van der Waals surface area contributed by atoms with Crippen molar-refractivity contribution >= 4 is 34.0 Å². The molecule has 0 bridgehead atoms. The molecule has 4 heteroatoms. The fraction of sp³-hybridized carbons (Fsp3) is 0.333. The zero-order valence-electron chi connectivity index (χ0n) is 14.4. The van der Waals surface area contributed by atoms with Crippen LogP contribution in [0.15, 0.2) is 59.3 Å². The van der Waals surface area contributed by atoms with E-state index in [1.54, 1.807) is 0 Å². The maximum Gasteiger partial charge on any atom is 0.0526 e. The first-order valence-corrected chi connectivity index (χ1v) is 10.8. The van der Waals surface area contributed by atoms with Crippen molar-refractivity contribution in [3.05, 3.63) is 69.0 Å². The molecule has 130 valence electrons. The standard InChI is InChI=1S/C21H24N2S2/c1-2-12-22(13-3-1)18-8-10-19(11-9-18)23(16-20-6-4-14-24-20)17-21-7-5-15-25-21/h4-11,14-15H,1-3,12-13,16-17H2. The summed E-state index contributed by atoms with van der Waals surface area (Å²) in [6, 6.07) is 17.9. The molecule has 3 aromatic rings. The molecule has 0 aliphatic carbocycles. The SMILES string of the molecule is c1csc(CN(Cc2cccs2)c2ccc(N3CCCCC3)cc2)c1. The predicted octanol–water partition coefficient (Wildman–Crippen LogP) is 6.01. The van der Waals surface area contributed by atoms with E-state index in [1.165, 1.54) is 53.5 Å². The summed E-state index contributed by atoms with van der Waals surface area (Å²) in [7, 11) is 0. The summed E-state index contributed by atoms with van der Waals surface area (Å²) < 4.78 is 0. The number of rotatable bonds is 6. The minimum absolute atomic E-state index is 0.971. The number of hydrogen-bond acceptors (Lipinski definition) is 4. The maximum absolute atomic E-state index is 2.52. The Labute approximate surface area is 158 Å². The van der Waals surface area contributed by atoms with E-state index in [2.05, 4.69) is 69.1 Å². The van der Waals surface area contributed by atoms with Crippen LogP contribution in [0.3, 0.4) is 0 Å². The highest BCUT2D eigenvalue weighted by Crippen LogP contribution is 2.27. The molecule has 2 nitrogen and oxygen atoms in total. The third-order valence-electron chi connectivity index (χ3n) is 4.79. The molecule has 0 atom stereocenters. The van der Waals surface area contributed by atoms with Crippen LogP contribution in [0.4, 0.5) is 11.4 Å². The highest BCUT2D eigenvalue weighted by Gasteiger charge is 2.13. The molecule has 1 aliphatic heterocycles. The van der Waals surface area contributed by atoms with Gasteiger partial charge in [0.1, 0.15) is 0 Å². The van der Waals surface area contributed by atoms with E-state index in [4.69, 9.17) is 0 Å². The molecule has 4 rings (SSSR count). The van der Waals surface area contributed by atoms with Gasteiger partial charge in [-0.05, 0) is 66.4 Å². The van der Waals surface area contributed by atoms with Crippen LogP contribution in [0.5, 0.6) is 0 Å². The van der Waals surface area contributed by atoms with E-state index in [9.17, 15) is 0 Å². The van der Waals surface area contributed by atoms with Crippen molar-refractivity contribution < 1.29 is 0 Å². The van der Waals surface area contributed by atoms with Crippen LogP contribution in [0, 0.1) is 0 Å². The zero-order chi connectivity index (χ0) is 16.9. The summed E-state index contributed by atoms with van der Waals surface area (Å²) >= 11 is 3.68. The average Bonchev–Trinajstić information content (AvgIpc) is 3.36. The van der Waals surface area contributed by atoms with Gasteiger partial charge in [-0.2, -0.15) is 0 Å². The molecule has 0 N–H and O–H groups in total. The van der Waals surface area contributed by atoms with Crippen LogP contribution in [-0.4, -0.2) is 13.1 Å². The summed E-state index contributed by atoms with van der Waals surface area (Å²) in [6.45, 7) is 4.35. The first kappa shape index (κ1) is 16.7. The van der Waals surface area contributed by atoms with E-state index in [0.717, 1.165) is 13.1 Å². The lowest BCUT2D eigenvalue weighted by Crippen LogP contribution is -2.29. The van der Waals surface area contributed by atoms with E-state index >= 15 is 0 Å². The first-order chi connectivity index (χ1) is 12.4. The Kier molecular flexibility index (Phi) is 5.38. The van der Waals surface area contributed by atoms with Crippen molar-refractivity contribution in [2.45, 2.75) is 32.4 Å². The fourth-order valence-electron chi connectivity index (χ4n) is 3.45. The molecule has 0 spiro atoms. The molecule has 3 heterocycles. The van der Waals surface area contributed by atoms with Crippen LogP contribution in [0.2, 0.25) is 0 Å². The normalized spacial score (nSPS) is 14.6. The molecular weight excluding hydrogens is 344 g/mol. The molecule has 0 saturated carbocycles. The Bertz CT molecular complexity index is 706. The molecule has 1 aliphatic rings. The van der Waals surface area contributed by atoms with Crippen molar-refractivity contribution in [1.29, 1.82) is 0 Å². The zero-order valence-corrected chi connectivity index (χ0v) is 16.1. The Balaban J connectivity index is 1.53. The second-order valence-corrected chi connectivity index (χ2v) is 8.64. The smallest absolute Gasteiger partial charge is 0.0526 e. The monoisotopic (exact) mass is 368 g/mol. The number of piperidine rings is 1. The van der Waals surface area contributed by atoms with E-state index in [1.807, 2.05) is 22.7 Å². The highest BCUT2D eigenvalue weighted by molar-refractivity contribution is 7.10. The van der Waals surface area contributed by atoms with Gasteiger partial charge in [0, 0.05) is 34.2 Å². The van der Waals surface area contributed by atoms with Crippen molar-refractivity contribution in [2.75, 3.05) is 22.9 Å². The Morgan fingerprint density at radius 3 is 1.88 bits per heavy atom. The van der Waals surface area contributed by atoms with Crippen molar-refractivity contribution in [3.8, 4) is 0 Å². The minimum Gasteiger partial charge on any atom is -0.372 e. The highest BCUT2D eigenvalue weighted by atomic mass is 32.1. The molecule has 25 heavy (non-hydrogen) atoms. The third kappa shape index (κ3) is 4.25. The Morgan fingerprint density at radius 2 is 1.36 bits per heavy atom. The van der Waals surface area contributed by atoms with E-state index in [-0.39, 0.29) is 0 Å². The summed E-state index contributed by atoms with van der Waals surface area (Å²) in [4.78, 5) is 7.83. The Hall–Kier alpha value is -1.78. The van der Waals surface area contributed by atoms with Crippen molar-refractivity contribution in [3.63, 3.8) is 0 Å². The molecule has 1 saturated heterocycles. The number of thiophene rings is 2. The van der Waals surface area contributed by atoms with Gasteiger partial charge in [-0.15, -0.1) is 22.7 Å². The lowest BCUT2D eigenvalue weighted by atomic mass is 10.1. The summed E-state index contributed by atoms with van der Waals surface area (Å²) in [6.07, 6.45) is 4.03. The van der Waals surface area contributed by atoms with Gasteiger partial charge in [-0.1, -0.05) is 12.1 Å². The van der Waals surface area contributed by atoms with Gasteiger partial charge in [0.25, 0.3) is 0 Å². The summed E-state index contributed by atoms with van der Waals surface area (Å²) in [5, 5.41) is 4.33. The first-order valence-electron chi connectivity index (χ1n) is 9.03. The largest absolute Gasteiger partial charge is 0.372 e. The molecular formula is C21H24N2S2. The Morgan fingerprint density at radius 1 is 0.760 bits per heavy atom. The van der Waals surface area contributed by atoms with Crippen LogP contribution in [0.25, 0.3) is 0 Å². The van der Waals surface area contributed by atoms with Gasteiger partial charge in [-0.3, -0.25) is 0 Å². The molecule has 1 aromatic carbocycles. The number of anilines is 2. The van der Waals surface area contributed by atoms with Gasteiger partial charge in [0.05, 0.1) is 13.1 Å². The fourth-order valence-corrected chi connectivity index (χ4v) is 4.89. The number of nitrogens with zero attached hydrogens (tertiary/aromatic N) is 2. The molecule has 0 unspecified atom stereocenters.